The summed E-state index contributed by atoms with van der Waals surface area (Å²) in [5.41, 5.74) is 0. The molecule has 0 heterocycles. The summed E-state index contributed by atoms with van der Waals surface area (Å²) >= 11 is 0. The second-order valence-corrected chi connectivity index (χ2v) is 3.77. The van der Waals surface area contributed by atoms with Crippen LogP contribution in [-0.4, -0.2) is 6.17 Å². The third-order valence-electron chi connectivity index (χ3n) is 3.12. The molecule has 0 aliphatic heterocycles. The van der Waals surface area contributed by atoms with Gasteiger partial charge < -0.3 is 0 Å². The van der Waals surface area contributed by atoms with Crippen molar-refractivity contribution in [1.82, 2.24) is 0 Å². The van der Waals surface area contributed by atoms with E-state index in [0.717, 1.165) is 25.7 Å². The fraction of sp³-hybridized carbons (Fsp3) is 1.00. The second-order valence-electron chi connectivity index (χ2n) is 3.77. The first-order valence-electron chi connectivity index (χ1n) is 4.92. The van der Waals surface area contributed by atoms with Crippen LogP contribution in [0.4, 0.5) is 4.39 Å². The topological polar surface area (TPSA) is 0 Å². The minimum absolute atomic E-state index is 0.373. The van der Waals surface area contributed by atoms with E-state index in [2.05, 4.69) is 13.8 Å². The predicted molar refractivity (Wildman–Crippen MR) is 46.3 cm³/mol. The molecule has 0 aromatic heterocycles. The molecule has 1 aliphatic carbocycles. The molecular weight excluding hydrogens is 139 g/mol. The molecule has 0 spiro atoms. The molecule has 0 N–H and O–H groups in total. The third-order valence-corrected chi connectivity index (χ3v) is 3.12. The zero-order valence-corrected chi connectivity index (χ0v) is 7.65. The second kappa shape index (κ2) is 4.08. The monoisotopic (exact) mass is 158 g/mol. The van der Waals surface area contributed by atoms with Crippen LogP contribution in [0, 0.1) is 11.8 Å². The highest BCUT2D eigenvalue weighted by molar-refractivity contribution is 4.78. The zero-order valence-electron chi connectivity index (χ0n) is 7.65. The van der Waals surface area contributed by atoms with Gasteiger partial charge in [-0.1, -0.05) is 26.7 Å². The van der Waals surface area contributed by atoms with E-state index < -0.39 is 6.17 Å². The van der Waals surface area contributed by atoms with Crippen LogP contribution in [0.2, 0.25) is 0 Å². The molecule has 1 heteroatoms. The molecule has 3 atom stereocenters. The van der Waals surface area contributed by atoms with Gasteiger partial charge in [-0.25, -0.2) is 4.39 Å². The molecule has 0 nitrogen and oxygen atoms in total. The van der Waals surface area contributed by atoms with Crippen molar-refractivity contribution in [2.45, 2.75) is 52.1 Å². The molecule has 1 aliphatic rings. The maximum atomic E-state index is 13.3. The Balaban J connectivity index is 2.34. The highest BCUT2D eigenvalue weighted by atomic mass is 19.1. The smallest absolute Gasteiger partial charge is 0.103 e. The molecule has 1 fully saturated rings. The molecule has 0 bridgehead atoms. The zero-order chi connectivity index (χ0) is 8.27. The number of hydrogen-bond acceptors (Lipinski definition) is 0. The van der Waals surface area contributed by atoms with Crippen molar-refractivity contribution in [2.24, 2.45) is 11.8 Å². The number of halogens is 1. The van der Waals surface area contributed by atoms with Crippen molar-refractivity contribution in [3.05, 3.63) is 0 Å². The van der Waals surface area contributed by atoms with Crippen molar-refractivity contribution >= 4 is 0 Å². The van der Waals surface area contributed by atoms with E-state index in [1.807, 2.05) is 0 Å². The lowest BCUT2D eigenvalue weighted by Crippen LogP contribution is -2.25. The highest BCUT2D eigenvalue weighted by Gasteiger charge is 2.27. The van der Waals surface area contributed by atoms with Crippen molar-refractivity contribution in [1.29, 1.82) is 0 Å². The Kier molecular flexibility index (Phi) is 3.35. The molecule has 1 saturated carbocycles. The van der Waals surface area contributed by atoms with Crippen LogP contribution in [0.1, 0.15) is 46.0 Å². The van der Waals surface area contributed by atoms with Crippen LogP contribution >= 0.6 is 0 Å². The van der Waals surface area contributed by atoms with E-state index in [4.69, 9.17) is 0 Å². The lowest BCUT2D eigenvalue weighted by molar-refractivity contribution is 0.121. The van der Waals surface area contributed by atoms with E-state index in [9.17, 15) is 4.39 Å². The number of hydrogen-bond donors (Lipinski definition) is 0. The van der Waals surface area contributed by atoms with Gasteiger partial charge in [0.2, 0.25) is 0 Å². The Morgan fingerprint density at radius 1 is 1.18 bits per heavy atom. The van der Waals surface area contributed by atoms with Crippen LogP contribution in [0.25, 0.3) is 0 Å². The average molecular weight is 158 g/mol. The summed E-state index contributed by atoms with van der Waals surface area (Å²) in [6, 6.07) is 0. The fourth-order valence-electron chi connectivity index (χ4n) is 2.09. The summed E-state index contributed by atoms with van der Waals surface area (Å²) in [6.45, 7) is 4.27. The van der Waals surface area contributed by atoms with Gasteiger partial charge >= 0.3 is 0 Å². The van der Waals surface area contributed by atoms with Crippen LogP contribution in [-0.2, 0) is 0 Å². The van der Waals surface area contributed by atoms with Crippen LogP contribution in [0.5, 0.6) is 0 Å². The van der Waals surface area contributed by atoms with Gasteiger partial charge in [-0.15, -0.1) is 0 Å². The minimum atomic E-state index is -0.501. The van der Waals surface area contributed by atoms with Crippen LogP contribution in [0.15, 0.2) is 0 Å². The molecular formula is C10H19F. The first-order valence-corrected chi connectivity index (χ1v) is 4.92. The Hall–Kier alpha value is -0.0700. The molecule has 11 heavy (non-hydrogen) atoms. The quantitative estimate of drug-likeness (QED) is 0.576. The van der Waals surface area contributed by atoms with Crippen molar-refractivity contribution in [2.75, 3.05) is 0 Å². The summed E-state index contributed by atoms with van der Waals surface area (Å²) < 4.78 is 13.3. The van der Waals surface area contributed by atoms with Gasteiger partial charge in [-0.2, -0.15) is 0 Å². The summed E-state index contributed by atoms with van der Waals surface area (Å²) in [5.74, 6) is 1.05. The van der Waals surface area contributed by atoms with Gasteiger partial charge in [-0.05, 0) is 31.1 Å². The van der Waals surface area contributed by atoms with Gasteiger partial charge in [0.1, 0.15) is 6.17 Å². The molecule has 2 unspecified atom stereocenters. The Morgan fingerprint density at radius 2 is 1.91 bits per heavy atom. The van der Waals surface area contributed by atoms with Crippen molar-refractivity contribution < 1.29 is 4.39 Å². The van der Waals surface area contributed by atoms with Gasteiger partial charge in [0.15, 0.2) is 0 Å². The van der Waals surface area contributed by atoms with E-state index in [-0.39, 0.29) is 0 Å². The van der Waals surface area contributed by atoms with E-state index in [1.54, 1.807) is 0 Å². The maximum Gasteiger partial charge on any atom is 0.103 e. The SMILES string of the molecule is CCC1CC[C@H](CC)CC1F. The van der Waals surface area contributed by atoms with Crippen LogP contribution in [0.3, 0.4) is 0 Å². The first-order chi connectivity index (χ1) is 5.27. The molecule has 66 valence electrons. The van der Waals surface area contributed by atoms with Crippen molar-refractivity contribution in [3.8, 4) is 0 Å². The summed E-state index contributed by atoms with van der Waals surface area (Å²) in [4.78, 5) is 0. The largest absolute Gasteiger partial charge is 0.247 e. The maximum absolute atomic E-state index is 13.3. The minimum Gasteiger partial charge on any atom is -0.247 e. The fourth-order valence-corrected chi connectivity index (χ4v) is 2.09. The first kappa shape index (κ1) is 9.02. The lowest BCUT2D eigenvalue weighted by atomic mass is 9.78. The molecule has 0 aromatic rings. The molecule has 0 amide bonds. The van der Waals surface area contributed by atoms with Gasteiger partial charge in [0.25, 0.3) is 0 Å². The molecule has 0 aromatic carbocycles. The van der Waals surface area contributed by atoms with E-state index >= 15 is 0 Å². The predicted octanol–water partition coefficient (Wildman–Crippen LogP) is 3.56. The summed E-state index contributed by atoms with van der Waals surface area (Å²) in [5, 5.41) is 0. The van der Waals surface area contributed by atoms with Gasteiger partial charge in [-0.3, -0.25) is 0 Å². The summed E-state index contributed by atoms with van der Waals surface area (Å²) in [6.07, 6.45) is 4.90. The highest BCUT2D eigenvalue weighted by Crippen LogP contribution is 2.34. The Bertz CT molecular complexity index is 111. The Labute approximate surface area is 69.2 Å². The average Bonchev–Trinajstić information content (AvgIpc) is 2.04. The van der Waals surface area contributed by atoms with Gasteiger partial charge in [0.05, 0.1) is 0 Å². The molecule has 0 saturated heterocycles. The lowest BCUT2D eigenvalue weighted by Gasteiger charge is -2.30. The number of rotatable bonds is 2. The van der Waals surface area contributed by atoms with Crippen LogP contribution < -0.4 is 0 Å². The van der Waals surface area contributed by atoms with Gasteiger partial charge in [0, 0.05) is 0 Å². The molecule has 1 rings (SSSR count). The Morgan fingerprint density at radius 3 is 2.36 bits per heavy atom. The standard InChI is InChI=1S/C10H19F/c1-3-8-5-6-9(4-2)10(11)7-8/h8-10H,3-7H2,1-2H3/t8-,9?,10?/m0/s1. The van der Waals surface area contributed by atoms with E-state index in [1.165, 1.54) is 6.42 Å². The normalized spacial score (nSPS) is 39.0. The number of alkyl halides is 1. The third kappa shape index (κ3) is 2.18. The van der Waals surface area contributed by atoms with Crippen molar-refractivity contribution in [3.63, 3.8) is 0 Å². The summed E-state index contributed by atoms with van der Waals surface area (Å²) in [7, 11) is 0. The molecule has 0 radical (unpaired) electrons. The van der Waals surface area contributed by atoms with E-state index in [0.29, 0.717) is 11.8 Å².